The first kappa shape index (κ1) is 47.8. The van der Waals surface area contributed by atoms with Gasteiger partial charge in [0.2, 0.25) is 5.91 Å². The van der Waals surface area contributed by atoms with Gasteiger partial charge in [0.1, 0.15) is 0 Å². The van der Waals surface area contributed by atoms with Crippen molar-refractivity contribution in [3.05, 3.63) is 24.3 Å². The second kappa shape index (κ2) is 39.6. The molecule has 0 aliphatic carbocycles. The third-order valence-corrected chi connectivity index (χ3v) is 9.98. The van der Waals surface area contributed by atoms with Crippen LogP contribution in [0.2, 0.25) is 0 Å². The smallest absolute Gasteiger partial charge is 0.222 e. The predicted molar refractivity (Wildman–Crippen MR) is 213 cm³/mol. The quantitative estimate of drug-likeness (QED) is 0.0381. The lowest BCUT2D eigenvalue weighted by molar-refractivity contribution is -0.124. The summed E-state index contributed by atoms with van der Waals surface area (Å²) in [4.78, 5) is 12.4. The summed E-state index contributed by atoms with van der Waals surface area (Å²) < 4.78 is 0. The van der Waals surface area contributed by atoms with E-state index < -0.39 is 18.2 Å². The number of aliphatic hydroxyl groups is 3. The molecule has 0 saturated heterocycles. The van der Waals surface area contributed by atoms with Gasteiger partial charge in [0.05, 0.1) is 31.3 Å². The Bertz CT molecular complexity index is 724. The monoisotopic (exact) mass is 692 g/mol. The highest BCUT2D eigenvalue weighted by molar-refractivity contribution is 5.76. The zero-order valence-corrected chi connectivity index (χ0v) is 32.8. The minimum atomic E-state index is -0.928. The minimum Gasteiger partial charge on any atom is -0.394 e. The number of allylic oxidation sites excluding steroid dienone is 3. The summed E-state index contributed by atoms with van der Waals surface area (Å²) in [5.41, 5.74) is 0. The fourth-order valence-electron chi connectivity index (χ4n) is 6.63. The van der Waals surface area contributed by atoms with Crippen LogP contribution in [0.15, 0.2) is 24.3 Å². The number of amides is 1. The first-order chi connectivity index (χ1) is 24.0. The van der Waals surface area contributed by atoms with Gasteiger partial charge in [0.25, 0.3) is 0 Å². The van der Waals surface area contributed by atoms with E-state index in [1.54, 1.807) is 6.08 Å². The van der Waals surface area contributed by atoms with Gasteiger partial charge in [-0.1, -0.05) is 199 Å². The van der Waals surface area contributed by atoms with E-state index in [-0.39, 0.29) is 18.9 Å². The molecule has 0 bridgehead atoms. The van der Waals surface area contributed by atoms with Crippen LogP contribution in [0.5, 0.6) is 0 Å². The Morgan fingerprint density at radius 2 is 0.857 bits per heavy atom. The molecule has 0 rings (SSSR count). The molecule has 3 unspecified atom stereocenters. The molecule has 5 nitrogen and oxygen atoms in total. The van der Waals surface area contributed by atoms with Crippen LogP contribution in [0.1, 0.15) is 226 Å². The Morgan fingerprint density at radius 1 is 0.510 bits per heavy atom. The molecule has 0 spiro atoms. The summed E-state index contributed by atoms with van der Waals surface area (Å²) in [6, 6.07) is -0.744. The Kier molecular flexibility index (Phi) is 38.7. The van der Waals surface area contributed by atoms with Gasteiger partial charge < -0.3 is 20.6 Å². The summed E-state index contributed by atoms with van der Waals surface area (Å²) in [6.45, 7) is 4.21. The van der Waals surface area contributed by atoms with E-state index in [1.165, 1.54) is 161 Å². The average molecular weight is 692 g/mol. The standard InChI is InChI=1S/C44H85NO4/c1-3-5-7-9-11-13-15-17-18-19-20-21-22-23-24-26-27-29-31-33-35-37-41(47)39-44(49)45-42(40-46)43(48)38-36-34-32-30-28-25-16-14-12-10-8-6-4-2/h23-24,36,38,41-43,46-48H,3-22,25-35,37,39-40H2,1-2H3,(H,45,49)/b24-23-,38-36+. The van der Waals surface area contributed by atoms with Crippen LogP contribution in [0.4, 0.5) is 0 Å². The molecule has 0 fully saturated rings. The van der Waals surface area contributed by atoms with Crippen LogP contribution >= 0.6 is 0 Å². The van der Waals surface area contributed by atoms with Crippen LogP contribution in [-0.4, -0.2) is 46.1 Å². The van der Waals surface area contributed by atoms with Crippen LogP contribution in [0.3, 0.4) is 0 Å². The van der Waals surface area contributed by atoms with Crippen molar-refractivity contribution in [2.24, 2.45) is 0 Å². The van der Waals surface area contributed by atoms with E-state index in [0.29, 0.717) is 6.42 Å². The number of aliphatic hydroxyl groups excluding tert-OH is 3. The zero-order valence-electron chi connectivity index (χ0n) is 32.8. The number of hydrogen-bond acceptors (Lipinski definition) is 4. The molecule has 0 saturated carbocycles. The maximum Gasteiger partial charge on any atom is 0.222 e. The zero-order chi connectivity index (χ0) is 35.9. The first-order valence-electron chi connectivity index (χ1n) is 21.6. The van der Waals surface area contributed by atoms with Crippen molar-refractivity contribution in [1.29, 1.82) is 0 Å². The van der Waals surface area contributed by atoms with Crippen LogP contribution < -0.4 is 5.32 Å². The second-order valence-electron chi connectivity index (χ2n) is 15.0. The highest BCUT2D eigenvalue weighted by Gasteiger charge is 2.20. The summed E-state index contributed by atoms with van der Waals surface area (Å²) in [5.74, 6) is -0.320. The van der Waals surface area contributed by atoms with Gasteiger partial charge in [-0.05, 0) is 44.9 Å². The number of carbonyl (C=O) groups is 1. The van der Waals surface area contributed by atoms with Gasteiger partial charge >= 0.3 is 0 Å². The van der Waals surface area contributed by atoms with Crippen molar-refractivity contribution in [1.82, 2.24) is 5.32 Å². The van der Waals surface area contributed by atoms with E-state index in [2.05, 4.69) is 31.3 Å². The molecule has 5 heteroatoms. The number of nitrogens with one attached hydrogen (secondary N) is 1. The van der Waals surface area contributed by atoms with Crippen molar-refractivity contribution in [2.45, 2.75) is 244 Å². The number of hydrogen-bond donors (Lipinski definition) is 4. The average Bonchev–Trinajstić information content (AvgIpc) is 3.09. The van der Waals surface area contributed by atoms with E-state index in [4.69, 9.17) is 0 Å². The largest absolute Gasteiger partial charge is 0.394 e. The number of rotatable bonds is 39. The number of carbonyl (C=O) groups excluding carboxylic acids is 1. The maximum absolute atomic E-state index is 12.4. The molecule has 0 aromatic carbocycles. The third-order valence-electron chi connectivity index (χ3n) is 9.98. The SMILES string of the molecule is CCCCCCCCCCCCC/C=C/C(O)C(CO)NC(=O)CC(O)CCCCCCC/C=C\CCCCCCCCCCCCCC. The second-order valence-corrected chi connectivity index (χ2v) is 15.0. The molecule has 290 valence electrons. The molecule has 0 aromatic heterocycles. The fraction of sp³-hybridized carbons (Fsp3) is 0.886. The third kappa shape index (κ3) is 36.4. The van der Waals surface area contributed by atoms with Gasteiger partial charge in [-0.15, -0.1) is 0 Å². The van der Waals surface area contributed by atoms with Gasteiger partial charge in [-0.2, -0.15) is 0 Å². The summed E-state index contributed by atoms with van der Waals surface area (Å²) in [5, 5.41) is 33.2. The Hall–Kier alpha value is -1.17. The lowest BCUT2D eigenvalue weighted by Gasteiger charge is -2.21. The molecule has 3 atom stereocenters. The molecule has 4 N–H and O–H groups in total. The summed E-state index contributed by atoms with van der Waals surface area (Å²) in [6.07, 6.45) is 47.5. The van der Waals surface area contributed by atoms with Gasteiger partial charge in [-0.25, -0.2) is 0 Å². The Labute approximate surface area is 305 Å². The van der Waals surface area contributed by atoms with Gasteiger partial charge in [-0.3, -0.25) is 4.79 Å². The normalized spacial score (nSPS) is 13.8. The van der Waals surface area contributed by atoms with Crippen molar-refractivity contribution < 1.29 is 20.1 Å². The van der Waals surface area contributed by atoms with Crippen molar-refractivity contribution in [3.63, 3.8) is 0 Å². The van der Waals surface area contributed by atoms with Gasteiger partial charge in [0.15, 0.2) is 0 Å². The highest BCUT2D eigenvalue weighted by atomic mass is 16.3. The van der Waals surface area contributed by atoms with Gasteiger partial charge in [0, 0.05) is 0 Å². The lowest BCUT2D eigenvalue weighted by Crippen LogP contribution is -2.45. The molecule has 0 heterocycles. The van der Waals surface area contributed by atoms with Crippen molar-refractivity contribution >= 4 is 5.91 Å². The molecule has 0 aromatic rings. The van der Waals surface area contributed by atoms with E-state index in [0.717, 1.165) is 38.5 Å². The number of unbranched alkanes of at least 4 members (excludes halogenated alkanes) is 28. The topological polar surface area (TPSA) is 89.8 Å². The molecule has 0 aliphatic rings. The molecule has 49 heavy (non-hydrogen) atoms. The van der Waals surface area contributed by atoms with E-state index >= 15 is 0 Å². The lowest BCUT2D eigenvalue weighted by atomic mass is 10.0. The molecule has 1 amide bonds. The van der Waals surface area contributed by atoms with E-state index in [9.17, 15) is 20.1 Å². The first-order valence-corrected chi connectivity index (χ1v) is 21.6. The van der Waals surface area contributed by atoms with Crippen LogP contribution in [0, 0.1) is 0 Å². The molecular weight excluding hydrogens is 606 g/mol. The van der Waals surface area contributed by atoms with Crippen LogP contribution in [0.25, 0.3) is 0 Å². The highest BCUT2D eigenvalue weighted by Crippen LogP contribution is 2.15. The van der Waals surface area contributed by atoms with Crippen molar-refractivity contribution in [3.8, 4) is 0 Å². The maximum atomic E-state index is 12.4. The molecular formula is C44H85NO4. The van der Waals surface area contributed by atoms with E-state index in [1.807, 2.05) is 6.08 Å². The summed E-state index contributed by atoms with van der Waals surface area (Å²) >= 11 is 0. The molecule has 0 radical (unpaired) electrons. The Balaban J connectivity index is 3.65. The minimum absolute atomic E-state index is 0.00959. The fourth-order valence-corrected chi connectivity index (χ4v) is 6.63. The molecule has 0 aliphatic heterocycles. The van der Waals surface area contributed by atoms with Crippen LogP contribution in [-0.2, 0) is 4.79 Å². The Morgan fingerprint density at radius 3 is 1.24 bits per heavy atom. The predicted octanol–water partition coefficient (Wildman–Crippen LogP) is 12.2. The summed E-state index contributed by atoms with van der Waals surface area (Å²) in [7, 11) is 0. The van der Waals surface area contributed by atoms with Crippen molar-refractivity contribution in [2.75, 3.05) is 6.61 Å².